The van der Waals surface area contributed by atoms with Crippen LogP contribution in [0.1, 0.15) is 19.5 Å². The molecule has 38 heavy (non-hydrogen) atoms. The molecule has 2 aromatic carbocycles. The van der Waals surface area contributed by atoms with Crippen molar-refractivity contribution in [1.82, 2.24) is 25.1 Å². The van der Waals surface area contributed by atoms with Gasteiger partial charge in [0.15, 0.2) is 11.5 Å². The number of nitrogens with zero attached hydrogens (tertiary/aromatic N) is 4. The predicted molar refractivity (Wildman–Crippen MR) is 146 cm³/mol. The highest BCUT2D eigenvalue weighted by atomic mass is 35.5. The molecule has 0 bridgehead atoms. The van der Waals surface area contributed by atoms with Crippen LogP contribution in [0, 0.1) is 12.7 Å². The van der Waals surface area contributed by atoms with E-state index in [1.165, 1.54) is 6.07 Å². The van der Waals surface area contributed by atoms with Gasteiger partial charge in [0, 0.05) is 41.9 Å². The van der Waals surface area contributed by atoms with Gasteiger partial charge >= 0.3 is 0 Å². The second-order valence-electron chi connectivity index (χ2n) is 8.97. The third-order valence-electron chi connectivity index (χ3n) is 5.99. The molecule has 0 fully saturated rings. The number of fused-ring (bicyclic) bond motifs is 1. The van der Waals surface area contributed by atoms with E-state index in [0.717, 1.165) is 23.2 Å². The molecule has 0 aliphatic heterocycles. The molecular formula is C25H29ClFN7O3S. The van der Waals surface area contributed by atoms with Gasteiger partial charge in [-0.05, 0) is 63.2 Å². The molecule has 2 heterocycles. The zero-order valence-electron chi connectivity index (χ0n) is 21.2. The Kier molecular flexibility index (Phi) is 8.46. The smallest absolute Gasteiger partial charge is 0.264 e. The van der Waals surface area contributed by atoms with Crippen molar-refractivity contribution < 1.29 is 17.9 Å². The fraction of sp³-hybridized carbons (Fsp3) is 0.320. The first-order valence-corrected chi connectivity index (χ1v) is 13.8. The molecule has 0 aliphatic rings. The average molecular weight is 562 g/mol. The number of benzene rings is 2. The van der Waals surface area contributed by atoms with Crippen molar-refractivity contribution >= 4 is 44.2 Å². The highest BCUT2D eigenvalue weighted by molar-refractivity contribution is 7.92. The quantitative estimate of drug-likeness (QED) is 0.215. The van der Waals surface area contributed by atoms with Gasteiger partial charge in [-0.1, -0.05) is 11.6 Å². The molecule has 0 spiro atoms. The van der Waals surface area contributed by atoms with Gasteiger partial charge in [-0.15, -0.1) is 0 Å². The van der Waals surface area contributed by atoms with Crippen LogP contribution in [-0.2, 0) is 10.0 Å². The molecule has 0 saturated carbocycles. The summed E-state index contributed by atoms with van der Waals surface area (Å²) in [6.45, 7) is 7.98. The predicted octanol–water partition coefficient (Wildman–Crippen LogP) is 4.04. The number of aryl methyl sites for hydroxylation is 1. The summed E-state index contributed by atoms with van der Waals surface area (Å²) in [4.78, 5) is 10.9. The average Bonchev–Trinajstić information content (AvgIpc) is 3.25. The van der Waals surface area contributed by atoms with Crippen molar-refractivity contribution in [2.24, 2.45) is 0 Å². The number of aromatic amines is 1. The van der Waals surface area contributed by atoms with E-state index in [9.17, 15) is 17.9 Å². The lowest BCUT2D eigenvalue weighted by Crippen LogP contribution is -2.37. The Labute approximate surface area is 225 Å². The van der Waals surface area contributed by atoms with Crippen LogP contribution in [0.5, 0.6) is 0 Å². The van der Waals surface area contributed by atoms with Crippen LogP contribution in [0.2, 0.25) is 5.02 Å². The van der Waals surface area contributed by atoms with Crippen molar-refractivity contribution in [1.29, 1.82) is 0 Å². The minimum absolute atomic E-state index is 0.0844. The molecule has 4 rings (SSSR count). The topological polar surface area (TPSA) is 136 Å². The van der Waals surface area contributed by atoms with Crippen molar-refractivity contribution in [2.75, 3.05) is 36.3 Å². The van der Waals surface area contributed by atoms with E-state index in [1.807, 2.05) is 6.92 Å². The molecular weight excluding hydrogens is 533 g/mol. The number of aliphatic hydroxyl groups is 1. The van der Waals surface area contributed by atoms with Crippen LogP contribution >= 0.6 is 11.6 Å². The minimum Gasteiger partial charge on any atom is -0.395 e. The molecule has 0 unspecified atom stereocenters. The van der Waals surface area contributed by atoms with Crippen LogP contribution in [-0.4, -0.2) is 70.9 Å². The molecule has 0 atom stereocenters. The molecule has 0 aliphatic carbocycles. The number of H-pyrrole nitrogens is 1. The second kappa shape index (κ2) is 11.6. The largest absolute Gasteiger partial charge is 0.395 e. The summed E-state index contributed by atoms with van der Waals surface area (Å²) < 4.78 is 41.8. The Morgan fingerprint density at radius 1 is 1.13 bits per heavy atom. The molecule has 2 aromatic heterocycles. The Morgan fingerprint density at radius 3 is 2.55 bits per heavy atom. The van der Waals surface area contributed by atoms with Gasteiger partial charge in [-0.2, -0.15) is 5.10 Å². The van der Waals surface area contributed by atoms with Crippen molar-refractivity contribution in [3.63, 3.8) is 0 Å². The third kappa shape index (κ3) is 6.21. The van der Waals surface area contributed by atoms with E-state index in [1.54, 1.807) is 24.3 Å². The Balaban J connectivity index is 1.56. The number of rotatable bonds is 11. The standard InChI is InChI=1S/C25H29ClFN7O3S/c1-15(2)34(12-13-35)11-10-28-24-22-16(3)31-32-25(22)30-23(29-24)17-4-7-19(8-5-17)33-38(36,37)21-14-18(26)6-9-20(21)27/h4-9,14-15,33,35H,10-13H2,1-3H3,(H2,28,29,30,31,32). The highest BCUT2D eigenvalue weighted by Crippen LogP contribution is 2.28. The van der Waals surface area contributed by atoms with Crippen LogP contribution in [0.3, 0.4) is 0 Å². The van der Waals surface area contributed by atoms with E-state index in [4.69, 9.17) is 16.6 Å². The first-order chi connectivity index (χ1) is 18.1. The van der Waals surface area contributed by atoms with E-state index < -0.39 is 20.7 Å². The van der Waals surface area contributed by atoms with Gasteiger partial charge in [0.1, 0.15) is 16.5 Å². The van der Waals surface area contributed by atoms with Gasteiger partial charge in [-0.25, -0.2) is 22.8 Å². The minimum atomic E-state index is -4.19. The first-order valence-electron chi connectivity index (χ1n) is 12.0. The normalized spacial score (nSPS) is 12.0. The van der Waals surface area contributed by atoms with Gasteiger partial charge in [0.05, 0.1) is 17.7 Å². The summed E-state index contributed by atoms with van der Waals surface area (Å²) in [5.41, 5.74) is 2.20. The van der Waals surface area contributed by atoms with Crippen LogP contribution in [0.25, 0.3) is 22.4 Å². The number of aromatic nitrogens is 4. The van der Waals surface area contributed by atoms with Crippen molar-refractivity contribution in [3.8, 4) is 11.4 Å². The van der Waals surface area contributed by atoms with E-state index in [2.05, 4.69) is 44.0 Å². The lowest BCUT2D eigenvalue weighted by atomic mass is 10.2. The molecule has 0 saturated heterocycles. The summed E-state index contributed by atoms with van der Waals surface area (Å²) in [7, 11) is -4.19. The van der Waals surface area contributed by atoms with Crippen LogP contribution in [0.4, 0.5) is 15.9 Å². The van der Waals surface area contributed by atoms with Crippen LogP contribution < -0.4 is 10.0 Å². The van der Waals surface area contributed by atoms with Gasteiger partial charge in [-0.3, -0.25) is 14.7 Å². The second-order valence-corrected chi connectivity index (χ2v) is 11.1. The third-order valence-corrected chi connectivity index (χ3v) is 7.62. The highest BCUT2D eigenvalue weighted by Gasteiger charge is 2.20. The zero-order chi connectivity index (χ0) is 27.4. The van der Waals surface area contributed by atoms with E-state index >= 15 is 0 Å². The molecule has 0 amide bonds. The van der Waals surface area contributed by atoms with Gasteiger partial charge in [0.2, 0.25) is 0 Å². The van der Waals surface area contributed by atoms with Crippen LogP contribution in [0.15, 0.2) is 47.4 Å². The zero-order valence-corrected chi connectivity index (χ0v) is 22.7. The number of hydrogen-bond acceptors (Lipinski definition) is 8. The molecule has 4 aromatic rings. The molecule has 13 heteroatoms. The summed E-state index contributed by atoms with van der Waals surface area (Å²) >= 11 is 5.85. The monoisotopic (exact) mass is 561 g/mol. The number of aliphatic hydroxyl groups excluding tert-OH is 1. The summed E-state index contributed by atoms with van der Waals surface area (Å²) in [6, 6.07) is 10.1. The lowest BCUT2D eigenvalue weighted by Gasteiger charge is -2.25. The number of anilines is 2. The molecule has 10 nitrogen and oxygen atoms in total. The maximum Gasteiger partial charge on any atom is 0.264 e. The Morgan fingerprint density at radius 2 is 1.87 bits per heavy atom. The number of sulfonamides is 1. The Hall–Kier alpha value is -3.32. The molecule has 202 valence electrons. The summed E-state index contributed by atoms with van der Waals surface area (Å²) in [5, 5.41) is 20.8. The molecule has 0 radical (unpaired) electrons. The van der Waals surface area contributed by atoms with Crippen molar-refractivity contribution in [2.45, 2.75) is 31.7 Å². The van der Waals surface area contributed by atoms with E-state index in [-0.39, 0.29) is 23.4 Å². The molecule has 4 N–H and O–H groups in total. The summed E-state index contributed by atoms with van der Waals surface area (Å²) in [6.07, 6.45) is 0. The fourth-order valence-electron chi connectivity index (χ4n) is 3.99. The van der Waals surface area contributed by atoms with Gasteiger partial charge in [0.25, 0.3) is 10.0 Å². The first kappa shape index (κ1) is 27.7. The lowest BCUT2D eigenvalue weighted by molar-refractivity contribution is 0.171. The summed E-state index contributed by atoms with van der Waals surface area (Å²) in [5.74, 6) is 0.128. The maximum absolute atomic E-state index is 14.1. The fourth-order valence-corrected chi connectivity index (χ4v) is 5.39. The SMILES string of the molecule is Cc1n[nH]c2nc(-c3ccc(NS(=O)(=O)c4cc(Cl)ccc4F)cc3)nc(NCCN(CCO)C(C)C)c12. The van der Waals surface area contributed by atoms with Gasteiger partial charge < -0.3 is 10.4 Å². The Bertz CT molecular complexity index is 1530. The van der Waals surface area contributed by atoms with Crippen molar-refractivity contribution in [3.05, 3.63) is 59.0 Å². The number of hydrogen-bond donors (Lipinski definition) is 4. The number of nitrogens with one attached hydrogen (secondary N) is 3. The van der Waals surface area contributed by atoms with E-state index in [0.29, 0.717) is 42.5 Å². The number of halogens is 2. The maximum atomic E-state index is 14.1.